The molecule has 0 atom stereocenters. The largest absolute Gasteiger partial charge is 0.507 e. The zero-order chi connectivity index (χ0) is 20.8. The third-order valence-electron chi connectivity index (χ3n) is 5.57. The number of ether oxygens (including phenoxy) is 1. The van der Waals surface area contributed by atoms with Crippen molar-refractivity contribution < 1.29 is 14.9 Å². The Morgan fingerprint density at radius 3 is 2.72 bits per heavy atom. The summed E-state index contributed by atoms with van der Waals surface area (Å²) in [5, 5.41) is 23.8. The van der Waals surface area contributed by atoms with E-state index in [0.29, 0.717) is 46.8 Å². The molecule has 2 aromatic rings. The van der Waals surface area contributed by atoms with Crippen LogP contribution in [0.4, 0.5) is 5.82 Å². The molecule has 1 aromatic heterocycles. The van der Waals surface area contributed by atoms with E-state index in [1.165, 1.54) is 0 Å². The summed E-state index contributed by atoms with van der Waals surface area (Å²) in [6.07, 6.45) is 4.00. The number of pyridine rings is 1. The average molecular weight is 400 g/mol. The first-order valence-electron chi connectivity index (χ1n) is 10.6. The predicted octanol–water partition coefficient (Wildman–Crippen LogP) is 3.81. The number of hydrogen-bond donors (Lipinski definition) is 4. The molecule has 1 fully saturated rings. The van der Waals surface area contributed by atoms with Gasteiger partial charge in [-0.3, -0.25) is 0 Å². The first-order chi connectivity index (χ1) is 14.0. The lowest BCUT2D eigenvalue weighted by Crippen LogP contribution is -2.27. The smallest absolute Gasteiger partial charge is 0.132 e. The molecular formula is C23H33N3O3. The Hall–Kier alpha value is -2.31. The molecule has 0 bridgehead atoms. The molecule has 2 heterocycles. The molecule has 158 valence electrons. The summed E-state index contributed by atoms with van der Waals surface area (Å²) in [7, 11) is 0. The van der Waals surface area contributed by atoms with Gasteiger partial charge in [0.1, 0.15) is 17.3 Å². The zero-order valence-electron chi connectivity index (χ0n) is 17.4. The van der Waals surface area contributed by atoms with Crippen LogP contribution in [0.2, 0.25) is 0 Å². The molecule has 0 amide bonds. The van der Waals surface area contributed by atoms with Crippen molar-refractivity contribution in [3.05, 3.63) is 35.4 Å². The van der Waals surface area contributed by atoms with Gasteiger partial charge in [0.15, 0.2) is 0 Å². The minimum Gasteiger partial charge on any atom is -0.507 e. The predicted molar refractivity (Wildman–Crippen MR) is 116 cm³/mol. The highest BCUT2D eigenvalue weighted by Gasteiger charge is 2.23. The summed E-state index contributed by atoms with van der Waals surface area (Å²) in [6, 6.07) is 7.23. The second-order valence-corrected chi connectivity index (χ2v) is 8.18. The molecule has 0 saturated carbocycles. The van der Waals surface area contributed by atoms with Crippen molar-refractivity contribution in [3.63, 3.8) is 0 Å². The maximum absolute atomic E-state index is 10.6. The summed E-state index contributed by atoms with van der Waals surface area (Å²) in [5.74, 6) is 1.97. The van der Waals surface area contributed by atoms with Crippen LogP contribution in [0.15, 0.2) is 24.3 Å². The van der Waals surface area contributed by atoms with Crippen LogP contribution in [0, 0.1) is 5.92 Å². The Balaban J connectivity index is 1.96. The molecule has 0 aliphatic carbocycles. The van der Waals surface area contributed by atoms with E-state index >= 15 is 0 Å². The summed E-state index contributed by atoms with van der Waals surface area (Å²) >= 11 is 0. The van der Waals surface area contributed by atoms with Crippen molar-refractivity contribution in [3.8, 4) is 22.8 Å². The van der Waals surface area contributed by atoms with Gasteiger partial charge in [0.05, 0.1) is 24.5 Å². The van der Waals surface area contributed by atoms with E-state index in [0.717, 1.165) is 44.3 Å². The number of anilines is 1. The number of piperidine rings is 1. The lowest BCUT2D eigenvalue weighted by atomic mass is 9.86. The van der Waals surface area contributed by atoms with Gasteiger partial charge >= 0.3 is 0 Å². The van der Waals surface area contributed by atoms with Crippen molar-refractivity contribution in [2.24, 2.45) is 5.92 Å². The standard InChI is InChI=1S/C23H33N3O3/c1-15(2)5-4-12-29-21-7-3-6-20(28)22(21)19-13-17(16-8-10-25-11-9-16)18(14-27)23(24)26-19/h3,6-7,13,15-16,25,27-28H,4-5,8-12,14H2,1-2H3,(H2,24,26). The van der Waals surface area contributed by atoms with Gasteiger partial charge in [0.2, 0.25) is 0 Å². The molecule has 1 saturated heterocycles. The first kappa shape index (κ1) is 21.4. The lowest BCUT2D eigenvalue weighted by Gasteiger charge is -2.26. The van der Waals surface area contributed by atoms with Crippen LogP contribution in [-0.2, 0) is 6.61 Å². The maximum Gasteiger partial charge on any atom is 0.132 e. The number of hydrogen-bond acceptors (Lipinski definition) is 6. The SMILES string of the molecule is CC(C)CCCOc1cccc(O)c1-c1cc(C2CCNCC2)c(CO)c(N)n1. The highest BCUT2D eigenvalue weighted by atomic mass is 16.5. The van der Waals surface area contributed by atoms with Crippen LogP contribution in [-0.4, -0.2) is 34.9 Å². The Kier molecular flexibility index (Phi) is 7.34. The highest BCUT2D eigenvalue weighted by Crippen LogP contribution is 2.40. The van der Waals surface area contributed by atoms with Crippen LogP contribution < -0.4 is 15.8 Å². The first-order valence-corrected chi connectivity index (χ1v) is 10.6. The number of phenols is 1. The van der Waals surface area contributed by atoms with Crippen LogP contribution >= 0.6 is 0 Å². The maximum atomic E-state index is 10.6. The summed E-state index contributed by atoms with van der Waals surface area (Å²) in [4.78, 5) is 4.51. The van der Waals surface area contributed by atoms with E-state index in [2.05, 4.69) is 24.1 Å². The number of nitrogen functional groups attached to an aromatic ring is 1. The second kappa shape index (κ2) is 9.94. The van der Waals surface area contributed by atoms with Crippen molar-refractivity contribution in [2.45, 2.75) is 52.1 Å². The fourth-order valence-electron chi connectivity index (χ4n) is 3.98. The van der Waals surface area contributed by atoms with Crippen LogP contribution in [0.25, 0.3) is 11.3 Å². The van der Waals surface area contributed by atoms with Crippen molar-refractivity contribution in [1.82, 2.24) is 10.3 Å². The van der Waals surface area contributed by atoms with Gasteiger partial charge < -0.3 is 26.0 Å². The van der Waals surface area contributed by atoms with E-state index in [1.54, 1.807) is 12.1 Å². The molecule has 0 spiro atoms. The zero-order valence-corrected chi connectivity index (χ0v) is 17.4. The van der Waals surface area contributed by atoms with E-state index in [1.807, 2.05) is 12.1 Å². The molecule has 1 aliphatic heterocycles. The number of aliphatic hydroxyl groups excluding tert-OH is 1. The number of benzene rings is 1. The molecule has 6 heteroatoms. The Morgan fingerprint density at radius 2 is 2.03 bits per heavy atom. The van der Waals surface area contributed by atoms with Crippen molar-refractivity contribution in [1.29, 1.82) is 0 Å². The fourth-order valence-corrected chi connectivity index (χ4v) is 3.98. The van der Waals surface area contributed by atoms with Crippen LogP contribution in [0.3, 0.4) is 0 Å². The number of nitrogens with one attached hydrogen (secondary N) is 1. The van der Waals surface area contributed by atoms with E-state index < -0.39 is 0 Å². The molecule has 0 unspecified atom stereocenters. The Bertz CT molecular complexity index is 817. The molecular weight excluding hydrogens is 366 g/mol. The Labute approximate surface area is 173 Å². The molecule has 6 nitrogen and oxygen atoms in total. The van der Waals surface area contributed by atoms with Gasteiger partial charge in [-0.1, -0.05) is 19.9 Å². The highest BCUT2D eigenvalue weighted by molar-refractivity contribution is 5.76. The summed E-state index contributed by atoms with van der Waals surface area (Å²) < 4.78 is 6.00. The monoisotopic (exact) mass is 399 g/mol. The van der Waals surface area contributed by atoms with Gasteiger partial charge in [0, 0.05) is 5.56 Å². The number of aromatic hydroxyl groups is 1. The number of nitrogens with two attached hydrogens (primary N) is 1. The third-order valence-corrected chi connectivity index (χ3v) is 5.57. The quantitative estimate of drug-likeness (QED) is 0.504. The van der Waals surface area contributed by atoms with E-state index in [-0.39, 0.29) is 12.4 Å². The van der Waals surface area contributed by atoms with Crippen LogP contribution in [0.5, 0.6) is 11.5 Å². The van der Waals surface area contributed by atoms with E-state index in [4.69, 9.17) is 10.5 Å². The topological polar surface area (TPSA) is 101 Å². The third kappa shape index (κ3) is 5.19. The van der Waals surface area contributed by atoms with Crippen molar-refractivity contribution in [2.75, 3.05) is 25.4 Å². The fraction of sp³-hybridized carbons (Fsp3) is 0.522. The number of nitrogens with zero attached hydrogens (tertiary/aromatic N) is 1. The molecule has 1 aromatic carbocycles. The van der Waals surface area contributed by atoms with Crippen molar-refractivity contribution >= 4 is 5.82 Å². The second-order valence-electron chi connectivity index (χ2n) is 8.18. The Morgan fingerprint density at radius 1 is 1.28 bits per heavy atom. The summed E-state index contributed by atoms with van der Waals surface area (Å²) in [5.41, 5.74) is 9.08. The van der Waals surface area contributed by atoms with Gasteiger partial charge in [-0.2, -0.15) is 0 Å². The van der Waals surface area contributed by atoms with Gasteiger partial charge in [0.25, 0.3) is 0 Å². The minimum atomic E-state index is -0.141. The average Bonchev–Trinajstić information content (AvgIpc) is 2.71. The number of aromatic nitrogens is 1. The van der Waals surface area contributed by atoms with Gasteiger partial charge in [-0.25, -0.2) is 4.98 Å². The van der Waals surface area contributed by atoms with E-state index in [9.17, 15) is 10.2 Å². The minimum absolute atomic E-state index is 0.117. The number of rotatable bonds is 8. The number of aliphatic hydroxyl groups is 1. The molecule has 29 heavy (non-hydrogen) atoms. The van der Waals surface area contributed by atoms with Gasteiger partial charge in [-0.05, 0) is 74.4 Å². The van der Waals surface area contributed by atoms with Crippen LogP contribution in [0.1, 0.15) is 56.6 Å². The normalized spacial score (nSPS) is 15.0. The van der Waals surface area contributed by atoms with Gasteiger partial charge in [-0.15, -0.1) is 0 Å². The molecule has 1 aliphatic rings. The number of phenolic OH excluding ortho intramolecular Hbond substituents is 1. The molecule has 3 rings (SSSR count). The molecule has 5 N–H and O–H groups in total. The lowest BCUT2D eigenvalue weighted by molar-refractivity contribution is 0.279. The molecule has 0 radical (unpaired) electrons. The summed E-state index contributed by atoms with van der Waals surface area (Å²) in [6.45, 7) is 6.70.